The molecule has 0 saturated heterocycles. The van der Waals surface area contributed by atoms with Gasteiger partial charge in [0.25, 0.3) is 5.91 Å². The van der Waals surface area contributed by atoms with Gasteiger partial charge in [-0.25, -0.2) is 13.8 Å². The van der Waals surface area contributed by atoms with Gasteiger partial charge in [-0.2, -0.15) is 0 Å². The van der Waals surface area contributed by atoms with Crippen molar-refractivity contribution in [3.05, 3.63) is 130 Å². The first-order valence-electron chi connectivity index (χ1n) is 15.8. The van der Waals surface area contributed by atoms with E-state index in [0.29, 0.717) is 24.3 Å². The minimum absolute atomic E-state index is 0.0183. The highest BCUT2D eigenvalue weighted by molar-refractivity contribution is 7.13. The monoisotopic (exact) mass is 655 g/mol. The molecule has 0 radical (unpaired) electrons. The molecule has 5 aromatic rings. The summed E-state index contributed by atoms with van der Waals surface area (Å²) < 4.78 is 34.1. The zero-order valence-electron chi connectivity index (χ0n) is 26.5. The van der Waals surface area contributed by atoms with Gasteiger partial charge in [-0.15, -0.1) is 11.3 Å². The second-order valence-electron chi connectivity index (χ2n) is 11.4. The first-order chi connectivity index (χ1) is 22.8. The predicted molar refractivity (Wildman–Crippen MR) is 184 cm³/mol. The number of nitrogens with one attached hydrogen (secondary N) is 2. The number of carbonyl (C=O) groups is 1. The lowest BCUT2D eigenvalue weighted by Gasteiger charge is -2.25. The number of hydrogen-bond acceptors (Lipinski definition) is 6. The average molecular weight is 656 g/mol. The molecule has 244 valence electrons. The SMILES string of the molecule is CCCOc1cccc(-c2cc(C(=O)N[C@@H](Cc3cc(F)cc(F)c3)[C@H](O)CNCc3cccc(CC)c3)cc(-c3nccs3)c2)c1. The van der Waals surface area contributed by atoms with Crippen LogP contribution in [0.15, 0.2) is 96.5 Å². The van der Waals surface area contributed by atoms with Crippen LogP contribution in [0, 0.1) is 11.6 Å². The summed E-state index contributed by atoms with van der Waals surface area (Å²) in [6, 6.07) is 23.8. The predicted octanol–water partition coefficient (Wildman–Crippen LogP) is 7.60. The smallest absolute Gasteiger partial charge is 0.251 e. The van der Waals surface area contributed by atoms with Crippen LogP contribution in [0.3, 0.4) is 0 Å². The van der Waals surface area contributed by atoms with Crippen molar-refractivity contribution in [3.8, 4) is 27.4 Å². The summed E-state index contributed by atoms with van der Waals surface area (Å²) in [5.74, 6) is -1.15. The molecule has 0 saturated carbocycles. The van der Waals surface area contributed by atoms with Gasteiger partial charge in [-0.1, -0.05) is 50.2 Å². The first kappa shape index (κ1) is 33.9. The van der Waals surface area contributed by atoms with Gasteiger partial charge in [-0.3, -0.25) is 4.79 Å². The molecule has 1 aromatic heterocycles. The van der Waals surface area contributed by atoms with Crippen molar-refractivity contribution in [1.82, 2.24) is 15.6 Å². The van der Waals surface area contributed by atoms with Gasteiger partial charge in [0.15, 0.2) is 0 Å². The molecule has 0 spiro atoms. The number of halogens is 2. The Labute approximate surface area is 278 Å². The Morgan fingerprint density at radius 1 is 0.894 bits per heavy atom. The fourth-order valence-corrected chi connectivity index (χ4v) is 6.01. The van der Waals surface area contributed by atoms with Crippen molar-refractivity contribution in [2.45, 2.75) is 51.8 Å². The van der Waals surface area contributed by atoms with Crippen LogP contribution in [0.5, 0.6) is 5.75 Å². The number of aliphatic hydroxyl groups excluding tert-OH is 1. The fraction of sp³-hybridized carbons (Fsp3) is 0.263. The highest BCUT2D eigenvalue weighted by atomic mass is 32.1. The third-order valence-corrected chi connectivity index (χ3v) is 8.58. The summed E-state index contributed by atoms with van der Waals surface area (Å²) in [5, 5.41) is 20.2. The molecule has 6 nitrogen and oxygen atoms in total. The lowest BCUT2D eigenvalue weighted by Crippen LogP contribution is -2.48. The van der Waals surface area contributed by atoms with Crippen molar-refractivity contribution in [3.63, 3.8) is 0 Å². The summed E-state index contributed by atoms with van der Waals surface area (Å²) in [4.78, 5) is 18.4. The lowest BCUT2D eigenvalue weighted by molar-refractivity contribution is 0.0830. The third-order valence-electron chi connectivity index (χ3n) is 7.76. The van der Waals surface area contributed by atoms with Gasteiger partial charge < -0.3 is 20.5 Å². The maximum absolute atomic E-state index is 14.1. The van der Waals surface area contributed by atoms with Gasteiger partial charge in [0, 0.05) is 41.9 Å². The van der Waals surface area contributed by atoms with Gasteiger partial charge in [0.05, 0.1) is 18.8 Å². The molecule has 0 aliphatic heterocycles. The average Bonchev–Trinajstić information content (AvgIpc) is 3.62. The maximum atomic E-state index is 14.1. The van der Waals surface area contributed by atoms with Crippen LogP contribution in [-0.4, -0.2) is 41.3 Å². The molecule has 9 heteroatoms. The van der Waals surface area contributed by atoms with Crippen molar-refractivity contribution in [1.29, 1.82) is 0 Å². The van der Waals surface area contributed by atoms with E-state index >= 15 is 0 Å². The summed E-state index contributed by atoms with van der Waals surface area (Å²) in [7, 11) is 0. The van der Waals surface area contributed by atoms with E-state index < -0.39 is 29.7 Å². The van der Waals surface area contributed by atoms with Crippen LogP contribution < -0.4 is 15.4 Å². The van der Waals surface area contributed by atoms with Crippen LogP contribution in [0.4, 0.5) is 8.78 Å². The number of ether oxygens (including phenoxy) is 1. The van der Waals surface area contributed by atoms with Gasteiger partial charge in [0.1, 0.15) is 22.4 Å². The Balaban J connectivity index is 1.41. The van der Waals surface area contributed by atoms with E-state index in [2.05, 4.69) is 34.7 Å². The van der Waals surface area contributed by atoms with Crippen LogP contribution >= 0.6 is 11.3 Å². The molecule has 0 aliphatic rings. The molecule has 1 heterocycles. The number of aryl methyl sites for hydroxylation is 1. The number of benzene rings is 4. The quantitative estimate of drug-likeness (QED) is 0.108. The maximum Gasteiger partial charge on any atom is 0.251 e. The normalized spacial score (nSPS) is 12.4. The second-order valence-corrected chi connectivity index (χ2v) is 12.3. The molecule has 0 unspecified atom stereocenters. The van der Waals surface area contributed by atoms with Crippen molar-refractivity contribution < 1.29 is 23.4 Å². The highest BCUT2D eigenvalue weighted by Gasteiger charge is 2.24. The number of aliphatic hydroxyl groups is 1. The van der Waals surface area contributed by atoms with E-state index in [4.69, 9.17) is 4.74 Å². The summed E-state index contributed by atoms with van der Waals surface area (Å²) >= 11 is 1.46. The Morgan fingerprint density at radius 2 is 1.66 bits per heavy atom. The summed E-state index contributed by atoms with van der Waals surface area (Å²) in [6.45, 7) is 5.39. The molecular formula is C38H39F2N3O3S. The highest BCUT2D eigenvalue weighted by Crippen LogP contribution is 2.31. The van der Waals surface area contributed by atoms with Crippen LogP contribution in [0.1, 0.15) is 47.3 Å². The molecule has 0 bridgehead atoms. The Hall–Kier alpha value is -4.44. The van der Waals surface area contributed by atoms with Crippen molar-refractivity contribution in [2.75, 3.05) is 13.2 Å². The van der Waals surface area contributed by atoms with E-state index in [1.54, 1.807) is 18.3 Å². The number of nitrogens with zero attached hydrogens (tertiary/aromatic N) is 1. The molecule has 3 N–H and O–H groups in total. The van der Waals surface area contributed by atoms with Crippen molar-refractivity contribution >= 4 is 17.2 Å². The zero-order chi connectivity index (χ0) is 33.2. The largest absolute Gasteiger partial charge is 0.494 e. The van der Waals surface area contributed by atoms with E-state index in [0.717, 1.165) is 51.9 Å². The molecule has 47 heavy (non-hydrogen) atoms. The number of carbonyl (C=O) groups excluding carboxylic acids is 1. The van der Waals surface area contributed by atoms with Crippen molar-refractivity contribution in [2.24, 2.45) is 0 Å². The number of thiazole rings is 1. The Kier molecular flexibility index (Phi) is 11.8. The van der Waals surface area contributed by atoms with E-state index in [9.17, 15) is 18.7 Å². The molecule has 2 atom stereocenters. The number of amides is 1. The van der Waals surface area contributed by atoms with Gasteiger partial charge in [0.2, 0.25) is 0 Å². The van der Waals surface area contributed by atoms with E-state index in [1.807, 2.05) is 54.8 Å². The lowest BCUT2D eigenvalue weighted by atomic mass is 9.97. The van der Waals surface area contributed by atoms with E-state index in [1.165, 1.54) is 29.0 Å². The molecule has 0 aliphatic carbocycles. The van der Waals surface area contributed by atoms with Gasteiger partial charge in [-0.05, 0) is 89.5 Å². The topological polar surface area (TPSA) is 83.5 Å². The molecule has 0 fully saturated rings. The molecule has 4 aromatic carbocycles. The standard InChI is InChI=1S/C38H39F2N3O3S/c1-3-12-46-34-10-6-9-28(21-34)29-18-30(20-31(19-29)38-42-11-13-47-38)37(45)43-35(17-27-15-32(39)22-33(40)16-27)36(44)24-41-23-26-8-5-7-25(4-2)14-26/h5-11,13-16,18-22,35-36,41,44H,3-4,12,17,23-24H2,1-2H3,(H,43,45)/t35-,36+/m0/s1. The molecular weight excluding hydrogens is 616 g/mol. The molecule has 5 rings (SSSR count). The third kappa shape index (κ3) is 9.54. The van der Waals surface area contributed by atoms with Crippen LogP contribution in [0.25, 0.3) is 21.7 Å². The fourth-order valence-electron chi connectivity index (χ4n) is 5.38. The van der Waals surface area contributed by atoms with E-state index in [-0.39, 0.29) is 13.0 Å². The summed E-state index contributed by atoms with van der Waals surface area (Å²) in [5.41, 5.74) is 5.40. The Bertz CT molecular complexity index is 1760. The number of hydrogen-bond donors (Lipinski definition) is 3. The zero-order valence-corrected chi connectivity index (χ0v) is 27.3. The van der Waals surface area contributed by atoms with Gasteiger partial charge >= 0.3 is 0 Å². The minimum Gasteiger partial charge on any atom is -0.494 e. The number of rotatable bonds is 15. The van der Waals surface area contributed by atoms with Crippen LogP contribution in [0.2, 0.25) is 0 Å². The Morgan fingerprint density at radius 3 is 2.40 bits per heavy atom. The molecule has 1 amide bonds. The van der Waals surface area contributed by atoms with Crippen LogP contribution in [-0.2, 0) is 19.4 Å². The minimum atomic E-state index is -1.06. The summed E-state index contributed by atoms with van der Waals surface area (Å²) in [6.07, 6.45) is 2.46. The first-order valence-corrected chi connectivity index (χ1v) is 16.7. The second kappa shape index (κ2) is 16.4. The number of aromatic nitrogens is 1.